The van der Waals surface area contributed by atoms with Crippen molar-refractivity contribution < 1.29 is 14.3 Å². The fourth-order valence-electron chi connectivity index (χ4n) is 4.06. The quantitative estimate of drug-likeness (QED) is 0.271. The number of carbonyl (C=O) groups excluding carboxylic acids is 1. The van der Waals surface area contributed by atoms with E-state index in [9.17, 15) is 4.79 Å². The van der Waals surface area contributed by atoms with Crippen molar-refractivity contribution in [1.29, 1.82) is 0 Å². The molecule has 0 radical (unpaired) electrons. The Morgan fingerprint density at radius 3 is 2.61 bits per heavy atom. The first-order valence-corrected chi connectivity index (χ1v) is 11.1. The Morgan fingerprint density at radius 1 is 1.00 bits per heavy atom. The van der Waals surface area contributed by atoms with E-state index in [0.29, 0.717) is 17.4 Å². The lowest BCUT2D eigenvalue weighted by Crippen LogP contribution is -2.14. The molecule has 5 aromatic rings. The van der Waals surface area contributed by atoms with E-state index in [1.807, 2.05) is 78.9 Å². The van der Waals surface area contributed by atoms with Gasteiger partial charge in [0.15, 0.2) is 11.4 Å². The summed E-state index contributed by atoms with van der Waals surface area (Å²) < 4.78 is 13.3. The van der Waals surface area contributed by atoms with Crippen molar-refractivity contribution in [3.8, 4) is 16.9 Å². The highest BCUT2D eigenvalue weighted by molar-refractivity contribution is 6.31. The van der Waals surface area contributed by atoms with E-state index in [2.05, 4.69) is 5.10 Å². The van der Waals surface area contributed by atoms with Crippen molar-refractivity contribution in [3.63, 3.8) is 0 Å². The van der Waals surface area contributed by atoms with Gasteiger partial charge in [-0.1, -0.05) is 72.3 Å². The molecule has 0 atom stereocenters. The highest BCUT2D eigenvalue weighted by Gasteiger charge is 2.25. The first-order valence-electron chi connectivity index (χ1n) is 10.7. The molecule has 0 spiro atoms. The van der Waals surface area contributed by atoms with Crippen molar-refractivity contribution >= 4 is 33.9 Å². The molecule has 0 aliphatic carbocycles. The average molecular weight is 457 g/mol. The number of ether oxygens (including phenoxy) is 2. The second-order valence-corrected chi connectivity index (χ2v) is 7.98. The first-order chi connectivity index (χ1) is 16.2. The Labute approximate surface area is 196 Å². The molecule has 6 heteroatoms. The lowest BCUT2D eigenvalue weighted by Gasteiger charge is -2.18. The van der Waals surface area contributed by atoms with Crippen LogP contribution in [0.5, 0.6) is 5.75 Å². The standard InChI is InChI=1S/C27H21ClN2O3/c1-2-32-27(31)25-26(33-17-18-8-4-3-5-9-18)22-13-7-12-21(19-10-6-11-20(28)16-19)24(22)23-14-15-29-30(23)25/h3-16H,2,17H2,1H3. The van der Waals surface area contributed by atoms with E-state index < -0.39 is 5.97 Å². The van der Waals surface area contributed by atoms with Gasteiger partial charge in [-0.15, -0.1) is 0 Å². The summed E-state index contributed by atoms with van der Waals surface area (Å²) in [5.74, 6) is -0.0447. The van der Waals surface area contributed by atoms with Crippen LogP contribution >= 0.6 is 11.6 Å². The van der Waals surface area contributed by atoms with Gasteiger partial charge in [-0.05, 0) is 41.8 Å². The molecule has 0 unspecified atom stereocenters. The molecular weight excluding hydrogens is 436 g/mol. The van der Waals surface area contributed by atoms with Crippen LogP contribution in [-0.4, -0.2) is 22.2 Å². The highest BCUT2D eigenvalue weighted by Crippen LogP contribution is 2.40. The summed E-state index contributed by atoms with van der Waals surface area (Å²) in [6, 6.07) is 25.4. The molecule has 0 bridgehead atoms. The molecule has 0 saturated carbocycles. The minimum absolute atomic E-state index is 0.250. The molecule has 5 nitrogen and oxygen atoms in total. The maximum Gasteiger partial charge on any atom is 0.360 e. The van der Waals surface area contributed by atoms with Crippen LogP contribution in [0.1, 0.15) is 23.0 Å². The van der Waals surface area contributed by atoms with Gasteiger partial charge in [-0.2, -0.15) is 5.10 Å². The van der Waals surface area contributed by atoms with E-state index in [0.717, 1.165) is 33.0 Å². The molecule has 0 fully saturated rings. The third-order valence-electron chi connectivity index (χ3n) is 5.47. The van der Waals surface area contributed by atoms with Gasteiger partial charge in [0.1, 0.15) is 6.61 Å². The third-order valence-corrected chi connectivity index (χ3v) is 5.70. The van der Waals surface area contributed by atoms with Crippen molar-refractivity contribution in [3.05, 3.63) is 101 Å². The van der Waals surface area contributed by atoms with E-state index in [1.165, 1.54) is 0 Å². The minimum atomic E-state index is -0.482. The van der Waals surface area contributed by atoms with Gasteiger partial charge in [0.2, 0.25) is 0 Å². The van der Waals surface area contributed by atoms with Crippen LogP contribution in [0.3, 0.4) is 0 Å². The molecule has 164 valence electrons. The molecule has 0 saturated heterocycles. The Kier molecular flexibility index (Phi) is 5.71. The van der Waals surface area contributed by atoms with Gasteiger partial charge in [-0.25, -0.2) is 9.31 Å². The fraction of sp³-hybridized carbons (Fsp3) is 0.111. The largest absolute Gasteiger partial charge is 0.486 e. The topological polar surface area (TPSA) is 52.8 Å². The Morgan fingerprint density at radius 2 is 1.82 bits per heavy atom. The summed E-state index contributed by atoms with van der Waals surface area (Å²) in [7, 11) is 0. The number of halogens is 1. The number of carbonyl (C=O) groups is 1. The third kappa shape index (κ3) is 3.92. The predicted octanol–water partition coefficient (Wildman–Crippen LogP) is 6.56. The number of fused-ring (bicyclic) bond motifs is 3. The van der Waals surface area contributed by atoms with E-state index in [4.69, 9.17) is 21.1 Å². The van der Waals surface area contributed by atoms with Crippen LogP contribution in [0.25, 0.3) is 27.4 Å². The summed E-state index contributed by atoms with van der Waals surface area (Å²) in [6.45, 7) is 2.33. The second kappa shape index (κ2) is 8.96. The number of esters is 1. The summed E-state index contributed by atoms with van der Waals surface area (Å²) in [6.07, 6.45) is 1.67. The molecule has 33 heavy (non-hydrogen) atoms. The minimum Gasteiger partial charge on any atom is -0.486 e. The van der Waals surface area contributed by atoms with Crippen LogP contribution in [0.15, 0.2) is 85.1 Å². The molecule has 0 N–H and O–H groups in total. The average Bonchev–Trinajstić information content (AvgIpc) is 3.32. The van der Waals surface area contributed by atoms with Gasteiger partial charge < -0.3 is 9.47 Å². The number of rotatable bonds is 6. The number of nitrogens with zero attached hydrogens (tertiary/aromatic N) is 2. The Bertz CT molecular complexity index is 1460. The Hall–Kier alpha value is -3.83. The highest BCUT2D eigenvalue weighted by atomic mass is 35.5. The van der Waals surface area contributed by atoms with Gasteiger partial charge >= 0.3 is 5.97 Å². The molecule has 5 rings (SSSR count). The fourth-order valence-corrected chi connectivity index (χ4v) is 4.25. The van der Waals surface area contributed by atoms with Crippen molar-refractivity contribution in [1.82, 2.24) is 9.61 Å². The maximum atomic E-state index is 13.1. The number of aromatic nitrogens is 2. The number of hydrogen-bond donors (Lipinski definition) is 0. The first kappa shape index (κ1) is 21.0. The number of hydrogen-bond acceptors (Lipinski definition) is 4. The molecule has 3 aromatic carbocycles. The van der Waals surface area contributed by atoms with Gasteiger partial charge in [0, 0.05) is 15.8 Å². The van der Waals surface area contributed by atoms with E-state index >= 15 is 0 Å². The van der Waals surface area contributed by atoms with Crippen LogP contribution in [-0.2, 0) is 11.3 Å². The molecule has 0 amide bonds. The van der Waals surface area contributed by atoms with Crippen LogP contribution in [0, 0.1) is 0 Å². The number of benzene rings is 3. The van der Waals surface area contributed by atoms with E-state index in [1.54, 1.807) is 17.6 Å². The molecule has 2 aromatic heterocycles. The molecule has 2 heterocycles. The summed E-state index contributed by atoms with van der Waals surface area (Å²) in [5, 5.41) is 6.83. The lowest BCUT2D eigenvalue weighted by atomic mass is 9.97. The smallest absolute Gasteiger partial charge is 0.360 e. The maximum absolute atomic E-state index is 13.1. The molecular formula is C27H21ClN2O3. The van der Waals surface area contributed by atoms with E-state index in [-0.39, 0.29) is 12.3 Å². The lowest BCUT2D eigenvalue weighted by molar-refractivity contribution is 0.0511. The second-order valence-electron chi connectivity index (χ2n) is 7.54. The zero-order chi connectivity index (χ0) is 22.8. The Balaban J connectivity index is 1.80. The monoisotopic (exact) mass is 456 g/mol. The summed E-state index contributed by atoms with van der Waals surface area (Å²) in [4.78, 5) is 13.1. The zero-order valence-corrected chi connectivity index (χ0v) is 18.8. The molecule has 0 aliphatic rings. The summed E-state index contributed by atoms with van der Waals surface area (Å²) in [5.41, 5.74) is 3.99. The van der Waals surface area contributed by atoms with Crippen molar-refractivity contribution in [2.24, 2.45) is 0 Å². The number of pyridine rings is 1. The summed E-state index contributed by atoms with van der Waals surface area (Å²) >= 11 is 6.29. The van der Waals surface area contributed by atoms with Crippen LogP contribution in [0.4, 0.5) is 0 Å². The predicted molar refractivity (Wildman–Crippen MR) is 130 cm³/mol. The van der Waals surface area contributed by atoms with Gasteiger partial charge in [0.05, 0.1) is 18.3 Å². The van der Waals surface area contributed by atoms with Crippen LogP contribution in [0.2, 0.25) is 5.02 Å². The SMILES string of the molecule is CCOC(=O)c1c(OCc2ccccc2)c2cccc(-c3cccc(Cl)c3)c2c2ccnn12. The van der Waals surface area contributed by atoms with Gasteiger partial charge in [0.25, 0.3) is 0 Å². The zero-order valence-electron chi connectivity index (χ0n) is 18.0. The van der Waals surface area contributed by atoms with Gasteiger partial charge in [-0.3, -0.25) is 0 Å². The van der Waals surface area contributed by atoms with Crippen molar-refractivity contribution in [2.45, 2.75) is 13.5 Å². The van der Waals surface area contributed by atoms with Crippen LogP contribution < -0.4 is 4.74 Å². The molecule has 0 aliphatic heterocycles. The van der Waals surface area contributed by atoms with Crippen molar-refractivity contribution in [2.75, 3.05) is 6.61 Å². The normalized spacial score (nSPS) is 11.1.